The van der Waals surface area contributed by atoms with Crippen molar-refractivity contribution in [3.8, 4) is 11.5 Å². The Labute approximate surface area is 242 Å². The number of carboxylic acid groups (broad SMARTS) is 1. The summed E-state index contributed by atoms with van der Waals surface area (Å²) >= 11 is 6.69. The van der Waals surface area contributed by atoms with Crippen LogP contribution in [0.25, 0.3) is 11.0 Å². The molecule has 1 N–H and O–H groups in total. The number of fused-ring (bicyclic) bond motifs is 5. The summed E-state index contributed by atoms with van der Waals surface area (Å²) in [7, 11) is -4.10. The van der Waals surface area contributed by atoms with E-state index in [0.717, 1.165) is 51.7 Å². The fourth-order valence-corrected chi connectivity index (χ4v) is 6.94. The summed E-state index contributed by atoms with van der Waals surface area (Å²) in [4.78, 5) is 12.0. The van der Waals surface area contributed by atoms with Crippen molar-refractivity contribution >= 4 is 38.9 Å². The molecule has 9 bridgehead atoms. The van der Waals surface area contributed by atoms with E-state index >= 15 is 0 Å². The van der Waals surface area contributed by atoms with Crippen LogP contribution < -0.4 is 8.92 Å². The van der Waals surface area contributed by atoms with E-state index in [4.69, 9.17) is 20.5 Å². The minimum Gasteiger partial charge on any atom is -0.492 e. The Kier molecular flexibility index (Phi) is 7.13. The van der Waals surface area contributed by atoms with E-state index in [9.17, 15) is 18.3 Å². The lowest BCUT2D eigenvalue weighted by Gasteiger charge is -2.29. The molecule has 1 aromatic heterocycles. The minimum atomic E-state index is -4.10. The number of benzene rings is 3. The highest BCUT2D eigenvalue weighted by Crippen LogP contribution is 2.41. The van der Waals surface area contributed by atoms with Crippen LogP contribution in [-0.4, -0.2) is 45.4 Å². The topological polar surface area (TPSA) is 124 Å². The number of carbonyl (C=O) groups is 1. The van der Waals surface area contributed by atoms with Gasteiger partial charge < -0.3 is 14.0 Å². The molecule has 0 aliphatic carbocycles. The Morgan fingerprint density at radius 3 is 2.71 bits per heavy atom. The van der Waals surface area contributed by atoms with Crippen LogP contribution in [0.15, 0.2) is 42.5 Å². The first-order chi connectivity index (χ1) is 19.6. The summed E-state index contributed by atoms with van der Waals surface area (Å²) < 4.78 is 40.8. The monoisotopic (exact) mass is 596 g/mol. The van der Waals surface area contributed by atoms with Crippen molar-refractivity contribution in [2.45, 2.75) is 58.7 Å². The molecule has 41 heavy (non-hydrogen) atoms. The number of hydrogen-bond acceptors (Lipinski definition) is 7. The molecule has 0 radical (unpaired) electrons. The predicted octanol–water partition coefficient (Wildman–Crippen LogP) is 5.12. The predicted molar refractivity (Wildman–Crippen MR) is 153 cm³/mol. The van der Waals surface area contributed by atoms with E-state index < -0.39 is 22.2 Å². The van der Waals surface area contributed by atoms with Crippen LogP contribution >= 0.6 is 11.6 Å². The first-order valence-corrected chi connectivity index (χ1v) is 15.1. The highest BCUT2D eigenvalue weighted by atomic mass is 35.5. The van der Waals surface area contributed by atoms with Gasteiger partial charge in [-0.25, -0.2) is 4.68 Å². The quantitative estimate of drug-likeness (QED) is 0.338. The van der Waals surface area contributed by atoms with E-state index in [0.29, 0.717) is 29.5 Å². The molecule has 0 fully saturated rings. The van der Waals surface area contributed by atoms with Crippen molar-refractivity contribution in [2.24, 2.45) is 0 Å². The first kappa shape index (κ1) is 27.5. The molecule has 2 atom stereocenters. The SMILES string of the molecule is Cc1ccc2cc1CN1Cc3c(ccc(c3Cl)OCCCCn3nnc4c(C)c(ccc43)C2CC(=O)O)OS1(=O)=O. The summed E-state index contributed by atoms with van der Waals surface area (Å²) in [6, 6.07) is 12.8. The molecule has 0 spiro atoms. The molecular formula is C29H29ClN4O6S. The van der Waals surface area contributed by atoms with Crippen LogP contribution in [-0.2, 0) is 34.7 Å². The van der Waals surface area contributed by atoms with Gasteiger partial charge in [0.2, 0.25) is 0 Å². The number of halogens is 1. The number of aliphatic carboxylic acids is 1. The van der Waals surface area contributed by atoms with Gasteiger partial charge in [-0.2, -0.15) is 12.7 Å². The van der Waals surface area contributed by atoms with Gasteiger partial charge in [0.1, 0.15) is 17.0 Å². The third-order valence-electron chi connectivity index (χ3n) is 7.89. The largest absolute Gasteiger partial charge is 0.492 e. The fourth-order valence-electron chi connectivity index (χ4n) is 5.60. The summed E-state index contributed by atoms with van der Waals surface area (Å²) in [5, 5.41) is 19.0. The van der Waals surface area contributed by atoms with E-state index in [1.54, 1.807) is 12.1 Å². The van der Waals surface area contributed by atoms with E-state index in [-0.39, 0.29) is 25.3 Å². The van der Waals surface area contributed by atoms with Gasteiger partial charge in [0, 0.05) is 31.1 Å². The van der Waals surface area contributed by atoms with Gasteiger partial charge in [-0.3, -0.25) is 4.79 Å². The molecule has 4 aromatic rings. The van der Waals surface area contributed by atoms with Gasteiger partial charge in [0.25, 0.3) is 0 Å². The maximum atomic E-state index is 13.1. The van der Waals surface area contributed by atoms with Crippen LogP contribution in [0.1, 0.15) is 58.6 Å². The molecule has 12 heteroatoms. The molecule has 3 aromatic carbocycles. The normalized spacial score (nSPS) is 20.1. The standard InChI is InChI=1S/C29H29ClN4O6S/c1-17-5-6-19-13-20(17)15-33-16-23-25(40-41(33,37)38)9-10-26(28(23)30)39-12-4-3-11-34-24-8-7-21(22(19)14-27(35)36)18(2)29(24)31-32-34/h5-10,13,22H,3-4,11-12,14-16H2,1-2H3,(H,35,36). The van der Waals surface area contributed by atoms with Crippen molar-refractivity contribution in [3.05, 3.63) is 80.9 Å². The van der Waals surface area contributed by atoms with Crippen LogP contribution in [0.5, 0.6) is 11.5 Å². The third kappa shape index (κ3) is 5.13. The average molecular weight is 597 g/mol. The van der Waals surface area contributed by atoms with Gasteiger partial charge >= 0.3 is 16.3 Å². The zero-order chi connectivity index (χ0) is 28.9. The smallest absolute Gasteiger partial charge is 0.385 e. The van der Waals surface area contributed by atoms with Crippen molar-refractivity contribution in [1.82, 2.24) is 19.3 Å². The van der Waals surface area contributed by atoms with Gasteiger partial charge in [0.15, 0.2) is 0 Å². The van der Waals surface area contributed by atoms with Crippen LogP contribution in [0.2, 0.25) is 5.02 Å². The van der Waals surface area contributed by atoms with Crippen molar-refractivity contribution < 1.29 is 27.2 Å². The molecule has 2 unspecified atom stereocenters. The van der Waals surface area contributed by atoms with Gasteiger partial charge in [-0.1, -0.05) is 41.1 Å². The van der Waals surface area contributed by atoms with Crippen molar-refractivity contribution in [2.75, 3.05) is 6.61 Å². The van der Waals surface area contributed by atoms with Gasteiger partial charge in [0.05, 0.1) is 23.6 Å². The van der Waals surface area contributed by atoms with Crippen LogP contribution in [0.4, 0.5) is 0 Å². The summed E-state index contributed by atoms with van der Waals surface area (Å²) in [6.45, 7) is 4.92. The average Bonchev–Trinajstić information content (AvgIpc) is 3.34. The molecule has 214 valence electrons. The van der Waals surface area contributed by atoms with Gasteiger partial charge in [-0.05, 0) is 72.7 Å². The number of carboxylic acids is 1. The number of rotatable bonds is 2. The second-order valence-electron chi connectivity index (χ2n) is 10.5. The number of hydrogen-bond donors (Lipinski definition) is 1. The molecule has 3 aliphatic heterocycles. The third-order valence-corrected chi connectivity index (χ3v) is 9.59. The molecular weight excluding hydrogens is 568 g/mol. The lowest BCUT2D eigenvalue weighted by atomic mass is 9.84. The molecule has 0 amide bonds. The molecule has 7 rings (SSSR count). The zero-order valence-corrected chi connectivity index (χ0v) is 24.2. The highest BCUT2D eigenvalue weighted by molar-refractivity contribution is 7.84. The van der Waals surface area contributed by atoms with E-state index in [1.807, 2.05) is 48.9 Å². The van der Waals surface area contributed by atoms with E-state index in [1.165, 1.54) is 4.31 Å². The maximum absolute atomic E-state index is 13.1. The summed E-state index contributed by atoms with van der Waals surface area (Å²) in [5.74, 6) is -0.768. The molecule has 0 saturated heterocycles. The number of aryl methyl sites for hydroxylation is 3. The molecule has 10 nitrogen and oxygen atoms in total. The second-order valence-corrected chi connectivity index (χ2v) is 12.4. The second kappa shape index (κ2) is 10.6. The van der Waals surface area contributed by atoms with E-state index in [2.05, 4.69) is 10.3 Å². The van der Waals surface area contributed by atoms with Gasteiger partial charge in [-0.15, -0.1) is 5.10 Å². The molecule has 4 heterocycles. The Balaban J connectivity index is 1.49. The lowest BCUT2D eigenvalue weighted by Crippen LogP contribution is -2.37. The van der Waals surface area contributed by atoms with Crippen LogP contribution in [0, 0.1) is 13.8 Å². The fraction of sp³-hybridized carbons (Fsp3) is 0.345. The Hall–Kier alpha value is -3.67. The zero-order valence-electron chi connectivity index (χ0n) is 22.6. The first-order valence-electron chi connectivity index (χ1n) is 13.4. The maximum Gasteiger partial charge on any atom is 0.385 e. The highest BCUT2D eigenvalue weighted by Gasteiger charge is 2.34. The lowest BCUT2D eigenvalue weighted by molar-refractivity contribution is -0.137. The minimum absolute atomic E-state index is 0.0117. The number of nitrogens with zero attached hydrogens (tertiary/aromatic N) is 4. The number of aromatic nitrogens is 3. The Morgan fingerprint density at radius 1 is 1.10 bits per heavy atom. The number of ether oxygens (including phenoxy) is 1. The summed E-state index contributed by atoms with van der Waals surface area (Å²) in [5.41, 5.74) is 6.21. The Bertz CT molecular complexity index is 1790. The van der Waals surface area contributed by atoms with Crippen LogP contribution in [0.3, 0.4) is 0 Å². The molecule has 0 saturated carbocycles. The summed E-state index contributed by atoms with van der Waals surface area (Å²) in [6.07, 6.45) is 1.38. The van der Waals surface area contributed by atoms with Crippen molar-refractivity contribution in [3.63, 3.8) is 0 Å². The van der Waals surface area contributed by atoms with Crippen molar-refractivity contribution in [1.29, 1.82) is 0 Å². The Morgan fingerprint density at radius 2 is 1.90 bits per heavy atom. The molecule has 3 aliphatic rings.